The van der Waals surface area contributed by atoms with Gasteiger partial charge in [0.25, 0.3) is 0 Å². The second-order valence-electron chi connectivity index (χ2n) is 3.25. The molecule has 1 aromatic carbocycles. The van der Waals surface area contributed by atoms with Crippen LogP contribution >= 0.6 is 23.6 Å². The van der Waals surface area contributed by atoms with Crippen LogP contribution in [0.25, 0.3) is 0 Å². The van der Waals surface area contributed by atoms with Gasteiger partial charge in [-0.2, -0.15) is 0 Å². The van der Waals surface area contributed by atoms with Crippen molar-refractivity contribution >= 4 is 40.6 Å². The van der Waals surface area contributed by atoms with Crippen LogP contribution in [-0.2, 0) is 0 Å². The molecule has 5 heteroatoms. The zero-order valence-electron chi connectivity index (χ0n) is 9.01. The van der Waals surface area contributed by atoms with Gasteiger partial charge in [0.15, 0.2) is 0 Å². The fourth-order valence-electron chi connectivity index (χ4n) is 1.23. The van der Waals surface area contributed by atoms with Gasteiger partial charge in [0.2, 0.25) is 11.3 Å². The molecule has 0 aliphatic rings. The summed E-state index contributed by atoms with van der Waals surface area (Å²) in [5.41, 5.74) is 3.85. The lowest BCUT2D eigenvalue weighted by atomic mass is 10.3. The number of thiophene rings is 1. The molecule has 0 aliphatic carbocycles. The van der Waals surface area contributed by atoms with Crippen molar-refractivity contribution in [1.29, 1.82) is 0 Å². The average Bonchev–Trinajstić information content (AvgIpc) is 2.83. The molecule has 1 aromatic heterocycles. The van der Waals surface area contributed by atoms with Crippen LogP contribution in [0.15, 0.2) is 47.8 Å². The monoisotopic (exact) mass is 262 g/mol. The minimum absolute atomic E-state index is 0.531. The Morgan fingerprint density at radius 3 is 2.71 bits per heavy atom. The Labute approximate surface area is 109 Å². The van der Waals surface area contributed by atoms with Crippen LogP contribution in [0.5, 0.6) is 0 Å². The fraction of sp³-hybridized carbons (Fsp3) is 0. The van der Waals surface area contributed by atoms with Crippen molar-refractivity contribution < 1.29 is 5.10 Å². The molecule has 0 amide bonds. The van der Waals surface area contributed by atoms with Crippen molar-refractivity contribution in [3.8, 4) is 0 Å². The molecule has 0 fully saturated rings. The molecule has 0 spiro atoms. The zero-order chi connectivity index (χ0) is 11.9. The number of thiocarbonyl (C=S) groups is 1. The maximum atomic E-state index is 5.13. The summed E-state index contributed by atoms with van der Waals surface area (Å²) in [6.45, 7) is 0. The largest absolute Gasteiger partial charge is 0.328 e. The van der Waals surface area contributed by atoms with E-state index in [1.54, 1.807) is 11.3 Å². The molecule has 0 aliphatic heterocycles. The molecule has 86 valence electrons. The molecule has 1 heterocycles. The highest BCUT2D eigenvalue weighted by atomic mass is 32.1. The molecule has 0 unspecified atom stereocenters. The summed E-state index contributed by atoms with van der Waals surface area (Å²) < 4.78 is 0. The van der Waals surface area contributed by atoms with Gasteiger partial charge in [0.1, 0.15) is 0 Å². The van der Waals surface area contributed by atoms with E-state index in [-0.39, 0.29) is 0 Å². The van der Waals surface area contributed by atoms with Crippen molar-refractivity contribution in [2.45, 2.75) is 0 Å². The Kier molecular flexibility index (Phi) is 4.23. The molecule has 0 saturated carbocycles. The minimum atomic E-state index is 0.531. The summed E-state index contributed by atoms with van der Waals surface area (Å²) >= 11 is 6.79. The molecule has 2 aromatic rings. The smallest absolute Gasteiger partial charge is 0.228 e. The van der Waals surface area contributed by atoms with Crippen LogP contribution in [0.1, 0.15) is 4.88 Å². The van der Waals surface area contributed by atoms with Gasteiger partial charge < -0.3 is 5.32 Å². The summed E-state index contributed by atoms with van der Waals surface area (Å²) in [6, 6.07) is 13.8. The molecule has 3 nitrogen and oxygen atoms in total. The Morgan fingerprint density at radius 1 is 1.18 bits per heavy atom. The third-order valence-electron chi connectivity index (χ3n) is 1.97. The van der Waals surface area contributed by atoms with Gasteiger partial charge in [-0.3, -0.25) is 0 Å². The van der Waals surface area contributed by atoms with E-state index in [2.05, 4.69) is 15.8 Å². The molecule has 0 atom stereocenters. The highest BCUT2D eigenvalue weighted by Gasteiger charge is 1.97. The highest BCUT2D eigenvalue weighted by molar-refractivity contribution is 7.80. The van der Waals surface area contributed by atoms with Crippen LogP contribution in [0, 0.1) is 0 Å². The maximum absolute atomic E-state index is 5.13. The van der Waals surface area contributed by atoms with E-state index in [0.717, 1.165) is 10.6 Å². The third kappa shape index (κ3) is 3.97. The van der Waals surface area contributed by atoms with E-state index in [1.165, 1.54) is 0 Å². The molecule has 0 bridgehead atoms. The summed E-state index contributed by atoms with van der Waals surface area (Å²) in [4.78, 5) is 1.14. The van der Waals surface area contributed by atoms with Crippen LogP contribution in [-0.4, -0.2) is 11.3 Å². The lowest BCUT2D eigenvalue weighted by Gasteiger charge is -2.02. The predicted octanol–water partition coefficient (Wildman–Crippen LogP) is 1.15. The van der Waals surface area contributed by atoms with Gasteiger partial charge in [0, 0.05) is 5.69 Å². The molecular weight excluding hydrogens is 250 g/mol. The van der Waals surface area contributed by atoms with Crippen molar-refractivity contribution in [2.24, 2.45) is 0 Å². The van der Waals surface area contributed by atoms with E-state index in [9.17, 15) is 0 Å². The molecule has 3 N–H and O–H groups in total. The number of rotatable bonds is 3. The Hall–Kier alpha value is -1.72. The zero-order valence-corrected chi connectivity index (χ0v) is 10.6. The first-order valence-corrected chi connectivity index (χ1v) is 6.38. The number of nitrogens with one attached hydrogen (secondary N) is 3. The number of benzene rings is 1. The SMILES string of the molecule is S=C(N[NH+]=Cc1cccs1)Nc1ccccc1. The topological polar surface area (TPSA) is 38.0 Å². The van der Waals surface area contributed by atoms with E-state index >= 15 is 0 Å². The highest BCUT2D eigenvalue weighted by Crippen LogP contribution is 2.04. The first-order valence-electron chi connectivity index (χ1n) is 5.09. The van der Waals surface area contributed by atoms with E-state index < -0.39 is 0 Å². The first-order chi connectivity index (χ1) is 8.34. The lowest BCUT2D eigenvalue weighted by Crippen LogP contribution is -2.82. The molecule has 0 radical (unpaired) electrons. The predicted molar refractivity (Wildman–Crippen MR) is 76.2 cm³/mol. The van der Waals surface area contributed by atoms with E-state index in [0.29, 0.717) is 5.11 Å². The molecular formula is C12H12N3S2+. The van der Waals surface area contributed by atoms with Gasteiger partial charge in [-0.25, -0.2) is 0 Å². The number of para-hydroxylation sites is 1. The quantitative estimate of drug-likeness (QED) is 0.441. The lowest BCUT2D eigenvalue weighted by molar-refractivity contribution is -0.499. The summed E-state index contributed by atoms with van der Waals surface area (Å²) in [6.07, 6.45) is 1.86. The van der Waals surface area contributed by atoms with Crippen LogP contribution in [0.4, 0.5) is 5.69 Å². The first kappa shape index (κ1) is 11.8. The van der Waals surface area contributed by atoms with Crippen LogP contribution in [0.2, 0.25) is 0 Å². The summed E-state index contributed by atoms with van der Waals surface area (Å²) in [5.74, 6) is 0. The Balaban J connectivity index is 1.82. The fourth-order valence-corrected chi connectivity index (χ4v) is 2.01. The number of hydrazine groups is 1. The Bertz CT molecular complexity index is 492. The van der Waals surface area contributed by atoms with E-state index in [4.69, 9.17) is 12.2 Å². The summed E-state index contributed by atoms with van der Waals surface area (Å²) in [5, 5.41) is 8.56. The molecule has 0 saturated heterocycles. The normalized spacial score (nSPS) is 10.4. The van der Waals surface area contributed by atoms with Crippen molar-refractivity contribution in [3.05, 3.63) is 52.7 Å². The van der Waals surface area contributed by atoms with Gasteiger partial charge in [-0.1, -0.05) is 24.3 Å². The number of hydrogen-bond acceptors (Lipinski definition) is 2. The van der Waals surface area contributed by atoms with Crippen molar-refractivity contribution in [2.75, 3.05) is 5.32 Å². The summed E-state index contributed by atoms with van der Waals surface area (Å²) in [7, 11) is 0. The molecule has 17 heavy (non-hydrogen) atoms. The van der Waals surface area contributed by atoms with Crippen LogP contribution < -0.4 is 15.8 Å². The van der Waals surface area contributed by atoms with E-state index in [1.807, 2.05) is 54.1 Å². The standard InChI is InChI=1S/C12H11N3S2/c16-12(14-10-5-2-1-3-6-10)15-13-9-11-7-4-8-17-11/h1-9H,(H2,14,15,16)/p+1. The second-order valence-corrected chi connectivity index (χ2v) is 4.64. The molecule has 2 rings (SSSR count). The number of anilines is 1. The van der Waals surface area contributed by atoms with Gasteiger partial charge in [0.05, 0.1) is 4.88 Å². The number of hydrogen-bond donors (Lipinski definition) is 3. The van der Waals surface area contributed by atoms with Gasteiger partial charge in [-0.05, 0) is 35.8 Å². The maximum Gasteiger partial charge on any atom is 0.228 e. The third-order valence-corrected chi connectivity index (χ3v) is 3.00. The number of hydrazone groups is 1. The van der Waals surface area contributed by atoms with Gasteiger partial charge in [-0.15, -0.1) is 21.9 Å². The Morgan fingerprint density at radius 2 is 2.00 bits per heavy atom. The minimum Gasteiger partial charge on any atom is -0.328 e. The van der Waals surface area contributed by atoms with Crippen molar-refractivity contribution in [1.82, 2.24) is 5.43 Å². The van der Waals surface area contributed by atoms with Gasteiger partial charge >= 0.3 is 0 Å². The second kappa shape index (κ2) is 6.12. The van der Waals surface area contributed by atoms with Crippen LogP contribution in [0.3, 0.4) is 0 Å². The average molecular weight is 262 g/mol. The van der Waals surface area contributed by atoms with Crippen molar-refractivity contribution in [3.63, 3.8) is 0 Å².